The van der Waals surface area contributed by atoms with E-state index in [0.717, 1.165) is 22.4 Å². The fourth-order valence-corrected chi connectivity index (χ4v) is 3.55. The van der Waals surface area contributed by atoms with Gasteiger partial charge in [0.15, 0.2) is 0 Å². The SMILES string of the molecule is CC(=O)N(CCC(=O)Nc1c(Cl)cccc1Cl)c1c(C)cc(C)cc1C. The highest BCUT2D eigenvalue weighted by Crippen LogP contribution is 2.30. The lowest BCUT2D eigenvalue weighted by Crippen LogP contribution is -2.33. The minimum absolute atomic E-state index is 0.108. The zero-order chi connectivity index (χ0) is 19.4. The van der Waals surface area contributed by atoms with Crippen molar-refractivity contribution >= 4 is 46.4 Å². The van der Waals surface area contributed by atoms with E-state index in [-0.39, 0.29) is 24.8 Å². The third kappa shape index (κ3) is 4.77. The molecule has 4 nitrogen and oxygen atoms in total. The molecule has 0 fully saturated rings. The van der Waals surface area contributed by atoms with E-state index in [2.05, 4.69) is 5.32 Å². The van der Waals surface area contributed by atoms with E-state index in [4.69, 9.17) is 23.2 Å². The molecule has 6 heteroatoms. The van der Waals surface area contributed by atoms with E-state index >= 15 is 0 Å². The number of amides is 2. The van der Waals surface area contributed by atoms with E-state index in [1.54, 1.807) is 23.1 Å². The molecule has 1 N–H and O–H groups in total. The average molecular weight is 393 g/mol. The second-order valence-electron chi connectivity index (χ2n) is 6.31. The predicted molar refractivity (Wildman–Crippen MR) is 108 cm³/mol. The molecule has 0 spiro atoms. The summed E-state index contributed by atoms with van der Waals surface area (Å²) in [6, 6.07) is 9.08. The third-order valence-corrected chi connectivity index (χ3v) is 4.71. The van der Waals surface area contributed by atoms with Crippen LogP contribution in [0.15, 0.2) is 30.3 Å². The largest absolute Gasteiger partial charge is 0.323 e. The van der Waals surface area contributed by atoms with Gasteiger partial charge in [-0.05, 0) is 44.0 Å². The minimum atomic E-state index is -0.256. The number of carbonyl (C=O) groups is 2. The molecule has 138 valence electrons. The Morgan fingerprint density at radius 1 is 1.04 bits per heavy atom. The first-order valence-corrected chi connectivity index (χ1v) is 9.06. The molecule has 2 amide bonds. The Hall–Kier alpha value is -2.04. The topological polar surface area (TPSA) is 49.4 Å². The van der Waals surface area contributed by atoms with Crippen LogP contribution >= 0.6 is 23.2 Å². The van der Waals surface area contributed by atoms with Gasteiger partial charge in [-0.2, -0.15) is 0 Å². The summed E-state index contributed by atoms with van der Waals surface area (Å²) in [7, 11) is 0. The summed E-state index contributed by atoms with van der Waals surface area (Å²) in [6.07, 6.45) is 0.133. The lowest BCUT2D eigenvalue weighted by Gasteiger charge is -2.25. The van der Waals surface area contributed by atoms with Crippen molar-refractivity contribution in [3.63, 3.8) is 0 Å². The van der Waals surface area contributed by atoms with Crippen molar-refractivity contribution in [1.29, 1.82) is 0 Å². The number of benzene rings is 2. The van der Waals surface area contributed by atoms with Crippen LogP contribution in [-0.2, 0) is 9.59 Å². The Morgan fingerprint density at radius 3 is 2.08 bits per heavy atom. The quantitative estimate of drug-likeness (QED) is 0.749. The zero-order valence-corrected chi connectivity index (χ0v) is 16.8. The highest BCUT2D eigenvalue weighted by molar-refractivity contribution is 6.39. The number of rotatable bonds is 5. The maximum Gasteiger partial charge on any atom is 0.226 e. The Labute approximate surface area is 164 Å². The molecule has 0 unspecified atom stereocenters. The standard InChI is InChI=1S/C20H22Cl2N2O2/c1-12-10-13(2)20(14(3)11-12)24(15(4)25)9-8-18(26)23-19-16(21)6-5-7-17(19)22/h5-7,10-11H,8-9H2,1-4H3,(H,23,26). The van der Waals surface area contributed by atoms with E-state index < -0.39 is 0 Å². The number of nitrogens with zero attached hydrogens (tertiary/aromatic N) is 1. The molecule has 2 aromatic carbocycles. The number of aryl methyl sites for hydroxylation is 3. The van der Waals surface area contributed by atoms with E-state index in [9.17, 15) is 9.59 Å². The smallest absolute Gasteiger partial charge is 0.226 e. The summed E-state index contributed by atoms with van der Waals surface area (Å²) in [5, 5.41) is 3.47. The Bertz CT molecular complexity index is 806. The normalized spacial score (nSPS) is 10.5. The number of carbonyl (C=O) groups excluding carboxylic acids is 2. The molecule has 2 aromatic rings. The van der Waals surface area contributed by atoms with Crippen molar-refractivity contribution in [2.45, 2.75) is 34.1 Å². The van der Waals surface area contributed by atoms with Gasteiger partial charge in [-0.1, -0.05) is 47.0 Å². The summed E-state index contributed by atoms with van der Waals surface area (Å²) in [5.74, 6) is -0.364. The molecule has 2 rings (SSSR count). The van der Waals surface area contributed by atoms with E-state index in [1.807, 2.05) is 32.9 Å². The van der Waals surface area contributed by atoms with Gasteiger partial charge in [-0.15, -0.1) is 0 Å². The van der Waals surface area contributed by atoms with Crippen LogP contribution in [0.2, 0.25) is 10.0 Å². The van der Waals surface area contributed by atoms with Crippen molar-refractivity contribution in [2.24, 2.45) is 0 Å². The van der Waals surface area contributed by atoms with Crippen LogP contribution in [0.1, 0.15) is 30.0 Å². The zero-order valence-electron chi connectivity index (χ0n) is 15.3. The third-order valence-electron chi connectivity index (χ3n) is 4.08. The van der Waals surface area contributed by atoms with Crippen LogP contribution in [0, 0.1) is 20.8 Å². The van der Waals surface area contributed by atoms with Gasteiger partial charge in [0.25, 0.3) is 0 Å². The van der Waals surface area contributed by atoms with Crippen molar-refractivity contribution in [3.8, 4) is 0 Å². The maximum absolute atomic E-state index is 12.3. The monoisotopic (exact) mass is 392 g/mol. The lowest BCUT2D eigenvalue weighted by molar-refractivity contribution is -0.117. The number of anilines is 2. The van der Waals surface area contributed by atoms with Crippen LogP contribution in [0.5, 0.6) is 0 Å². The number of nitrogens with one attached hydrogen (secondary N) is 1. The van der Waals surface area contributed by atoms with Gasteiger partial charge in [-0.25, -0.2) is 0 Å². The second-order valence-corrected chi connectivity index (χ2v) is 7.13. The highest BCUT2D eigenvalue weighted by Gasteiger charge is 2.18. The van der Waals surface area contributed by atoms with Gasteiger partial charge in [0.2, 0.25) is 11.8 Å². The molecule has 0 saturated carbocycles. The van der Waals surface area contributed by atoms with Crippen LogP contribution in [-0.4, -0.2) is 18.4 Å². The summed E-state index contributed by atoms with van der Waals surface area (Å²) in [5.41, 5.74) is 4.39. The number of para-hydroxylation sites is 1. The fraction of sp³-hybridized carbons (Fsp3) is 0.300. The molecule has 0 saturated heterocycles. The molecule has 0 heterocycles. The highest BCUT2D eigenvalue weighted by atomic mass is 35.5. The van der Waals surface area contributed by atoms with E-state index in [1.165, 1.54) is 6.92 Å². The van der Waals surface area contributed by atoms with Gasteiger partial charge < -0.3 is 10.2 Å². The first-order chi connectivity index (χ1) is 12.2. The number of hydrogen-bond donors (Lipinski definition) is 1. The molecule has 0 aliphatic rings. The van der Waals surface area contributed by atoms with Crippen molar-refractivity contribution in [1.82, 2.24) is 0 Å². The number of hydrogen-bond acceptors (Lipinski definition) is 2. The Balaban J connectivity index is 2.15. The van der Waals surface area contributed by atoms with Crippen LogP contribution in [0.25, 0.3) is 0 Å². The van der Waals surface area contributed by atoms with Crippen molar-refractivity contribution < 1.29 is 9.59 Å². The predicted octanol–water partition coefficient (Wildman–Crippen LogP) is 5.30. The molecule has 0 aromatic heterocycles. The van der Waals surface area contributed by atoms with Crippen molar-refractivity contribution in [2.75, 3.05) is 16.8 Å². The van der Waals surface area contributed by atoms with Crippen molar-refractivity contribution in [3.05, 3.63) is 57.1 Å². The molecule has 0 aliphatic heterocycles. The second kappa shape index (κ2) is 8.56. The van der Waals surface area contributed by atoms with Gasteiger partial charge >= 0.3 is 0 Å². The maximum atomic E-state index is 12.3. The molecular formula is C20H22Cl2N2O2. The molecular weight excluding hydrogens is 371 g/mol. The molecule has 0 bridgehead atoms. The first kappa shape index (κ1) is 20.3. The van der Waals surface area contributed by atoms with Crippen LogP contribution in [0.4, 0.5) is 11.4 Å². The van der Waals surface area contributed by atoms with Gasteiger partial charge in [0.1, 0.15) is 0 Å². The van der Waals surface area contributed by atoms with Gasteiger partial charge in [0.05, 0.1) is 15.7 Å². The summed E-state index contributed by atoms with van der Waals surface area (Å²) < 4.78 is 0. The molecule has 0 aliphatic carbocycles. The van der Waals surface area contributed by atoms with Crippen LogP contribution < -0.4 is 10.2 Å². The van der Waals surface area contributed by atoms with Crippen LogP contribution in [0.3, 0.4) is 0 Å². The average Bonchev–Trinajstić information content (AvgIpc) is 2.53. The molecule has 26 heavy (non-hydrogen) atoms. The number of halogens is 2. The first-order valence-electron chi connectivity index (χ1n) is 8.30. The Morgan fingerprint density at radius 2 is 1.58 bits per heavy atom. The summed E-state index contributed by atoms with van der Waals surface area (Å²) >= 11 is 12.2. The molecule has 0 radical (unpaired) electrons. The molecule has 0 atom stereocenters. The minimum Gasteiger partial charge on any atom is -0.323 e. The van der Waals surface area contributed by atoms with E-state index in [0.29, 0.717) is 15.7 Å². The Kier molecular flexibility index (Phi) is 6.68. The van der Waals surface area contributed by atoms with Gasteiger partial charge in [-0.3, -0.25) is 9.59 Å². The summed E-state index contributed by atoms with van der Waals surface area (Å²) in [4.78, 5) is 26.1. The summed E-state index contributed by atoms with van der Waals surface area (Å²) in [6.45, 7) is 7.72. The lowest BCUT2D eigenvalue weighted by atomic mass is 10.0. The fourth-order valence-electron chi connectivity index (χ4n) is 3.06. The van der Waals surface area contributed by atoms with Gasteiger partial charge in [0, 0.05) is 25.6 Å².